The highest BCUT2D eigenvalue weighted by atomic mass is 16.5. The first-order valence-corrected chi connectivity index (χ1v) is 5.67. The monoisotopic (exact) mass is 242 g/mol. The lowest BCUT2D eigenvalue weighted by atomic mass is 10.1. The molecule has 0 saturated carbocycles. The lowest BCUT2D eigenvalue weighted by molar-refractivity contribution is 0.112. The predicted molar refractivity (Wildman–Crippen MR) is 69.0 cm³/mol. The molecule has 0 aliphatic rings. The highest BCUT2D eigenvalue weighted by Gasteiger charge is 2.05. The molecule has 0 heterocycles. The molecule has 0 bridgehead atoms. The van der Waals surface area contributed by atoms with E-state index in [0.717, 1.165) is 17.4 Å². The zero-order valence-corrected chi connectivity index (χ0v) is 10.1. The molecule has 0 aliphatic heterocycles. The number of benzene rings is 2. The molecule has 3 nitrogen and oxygen atoms in total. The minimum Gasteiger partial charge on any atom is -0.457 e. The van der Waals surface area contributed by atoms with E-state index in [1.54, 1.807) is 24.3 Å². The number of aryl methyl sites for hydroxylation is 1. The third-order valence-electron chi connectivity index (χ3n) is 2.74. The number of aldehydes is 1. The van der Waals surface area contributed by atoms with Crippen LogP contribution in [0.2, 0.25) is 0 Å². The number of aliphatic hydroxyl groups is 1. The van der Waals surface area contributed by atoms with E-state index in [9.17, 15) is 9.90 Å². The van der Waals surface area contributed by atoms with Gasteiger partial charge in [-0.25, -0.2) is 0 Å². The van der Waals surface area contributed by atoms with Crippen LogP contribution in [0.4, 0.5) is 0 Å². The maximum Gasteiger partial charge on any atom is 0.150 e. The summed E-state index contributed by atoms with van der Waals surface area (Å²) in [6.07, 6.45) is 0.820. The number of ether oxygens (including phenoxy) is 1. The summed E-state index contributed by atoms with van der Waals surface area (Å²) in [5.74, 6) is 1.28. The van der Waals surface area contributed by atoms with Crippen molar-refractivity contribution in [1.82, 2.24) is 0 Å². The first-order chi connectivity index (χ1) is 8.74. The van der Waals surface area contributed by atoms with Crippen molar-refractivity contribution < 1.29 is 14.6 Å². The highest BCUT2D eigenvalue weighted by Crippen LogP contribution is 2.26. The molecular weight excluding hydrogens is 228 g/mol. The normalized spacial score (nSPS) is 10.1. The highest BCUT2D eigenvalue weighted by molar-refractivity contribution is 5.77. The van der Waals surface area contributed by atoms with E-state index in [2.05, 4.69) is 0 Å². The summed E-state index contributed by atoms with van der Waals surface area (Å²) in [5.41, 5.74) is 2.25. The van der Waals surface area contributed by atoms with Crippen molar-refractivity contribution in [2.45, 2.75) is 13.5 Å². The van der Waals surface area contributed by atoms with Gasteiger partial charge in [-0.3, -0.25) is 4.79 Å². The molecule has 0 fully saturated rings. The van der Waals surface area contributed by atoms with E-state index in [4.69, 9.17) is 4.74 Å². The number of hydrogen-bond donors (Lipinski definition) is 1. The Morgan fingerprint density at radius 2 is 2.00 bits per heavy atom. The average Bonchev–Trinajstić information content (AvgIpc) is 2.39. The van der Waals surface area contributed by atoms with Gasteiger partial charge in [0.15, 0.2) is 0 Å². The van der Waals surface area contributed by atoms with Gasteiger partial charge in [0.1, 0.15) is 17.8 Å². The number of carbonyl (C=O) groups excluding carboxylic acids is 1. The Bertz CT molecular complexity index is 561. The Morgan fingerprint density at radius 1 is 1.22 bits per heavy atom. The summed E-state index contributed by atoms with van der Waals surface area (Å²) in [7, 11) is 0. The van der Waals surface area contributed by atoms with Gasteiger partial charge in [0, 0.05) is 11.1 Å². The fourth-order valence-electron chi connectivity index (χ4n) is 1.70. The Labute approximate surface area is 106 Å². The molecule has 0 unspecified atom stereocenters. The Morgan fingerprint density at radius 3 is 2.67 bits per heavy atom. The van der Waals surface area contributed by atoms with Crippen molar-refractivity contribution in [2.75, 3.05) is 0 Å². The van der Waals surface area contributed by atoms with Crippen LogP contribution in [0.25, 0.3) is 0 Å². The second kappa shape index (κ2) is 5.47. The summed E-state index contributed by atoms with van der Waals surface area (Å²) in [6.45, 7) is 1.79. The van der Waals surface area contributed by atoms with Crippen LogP contribution in [0.3, 0.4) is 0 Å². The van der Waals surface area contributed by atoms with Crippen LogP contribution in [0.5, 0.6) is 11.5 Å². The molecule has 0 atom stereocenters. The smallest absolute Gasteiger partial charge is 0.150 e. The molecule has 18 heavy (non-hydrogen) atoms. The lowest BCUT2D eigenvalue weighted by Crippen LogP contribution is -1.93. The third-order valence-corrected chi connectivity index (χ3v) is 2.74. The van der Waals surface area contributed by atoms with E-state index in [-0.39, 0.29) is 6.61 Å². The van der Waals surface area contributed by atoms with Crippen LogP contribution in [0.15, 0.2) is 42.5 Å². The maximum atomic E-state index is 10.7. The van der Waals surface area contributed by atoms with Gasteiger partial charge >= 0.3 is 0 Å². The molecule has 2 aromatic rings. The van der Waals surface area contributed by atoms with E-state index < -0.39 is 0 Å². The molecule has 0 aliphatic carbocycles. The molecule has 0 amide bonds. The van der Waals surface area contributed by atoms with Gasteiger partial charge in [-0.05, 0) is 36.8 Å². The van der Waals surface area contributed by atoms with E-state index in [1.165, 1.54) is 0 Å². The van der Waals surface area contributed by atoms with Gasteiger partial charge in [-0.1, -0.05) is 18.2 Å². The van der Waals surface area contributed by atoms with Crippen molar-refractivity contribution in [3.8, 4) is 11.5 Å². The molecular formula is C15H14O3. The molecule has 1 N–H and O–H groups in total. The predicted octanol–water partition coefficient (Wildman–Crippen LogP) is 3.09. The second-order valence-corrected chi connectivity index (χ2v) is 4.00. The summed E-state index contributed by atoms with van der Waals surface area (Å²) >= 11 is 0. The first-order valence-electron chi connectivity index (χ1n) is 5.67. The summed E-state index contributed by atoms with van der Waals surface area (Å²) < 4.78 is 5.70. The molecule has 3 heteroatoms. The third kappa shape index (κ3) is 2.57. The molecule has 92 valence electrons. The average molecular weight is 242 g/mol. The molecule has 2 rings (SSSR count). The van der Waals surface area contributed by atoms with E-state index in [0.29, 0.717) is 17.1 Å². The van der Waals surface area contributed by atoms with Crippen molar-refractivity contribution in [1.29, 1.82) is 0 Å². The maximum absolute atomic E-state index is 10.7. The SMILES string of the molecule is Cc1cc(Oc2ccccc2CO)ccc1C=O. The van der Waals surface area contributed by atoms with Gasteiger partial charge in [0.05, 0.1) is 6.61 Å². The van der Waals surface area contributed by atoms with E-state index >= 15 is 0 Å². The molecule has 0 radical (unpaired) electrons. The van der Waals surface area contributed by atoms with Gasteiger partial charge in [0.25, 0.3) is 0 Å². The van der Waals surface area contributed by atoms with Crippen molar-refractivity contribution in [3.63, 3.8) is 0 Å². The molecule has 0 aromatic heterocycles. The van der Waals surface area contributed by atoms with Crippen molar-refractivity contribution in [3.05, 3.63) is 59.2 Å². The van der Waals surface area contributed by atoms with Crippen molar-refractivity contribution >= 4 is 6.29 Å². The molecule has 0 saturated heterocycles. The summed E-state index contributed by atoms with van der Waals surface area (Å²) in [4.78, 5) is 10.7. The Balaban J connectivity index is 2.28. The standard InChI is InChI=1S/C15H14O3/c1-11-8-14(7-6-12(11)9-16)18-15-5-3-2-4-13(15)10-17/h2-9,17H,10H2,1H3. The van der Waals surface area contributed by atoms with Gasteiger partial charge in [-0.2, -0.15) is 0 Å². The second-order valence-electron chi connectivity index (χ2n) is 4.00. The Hall–Kier alpha value is -2.13. The number of hydrogen-bond acceptors (Lipinski definition) is 3. The number of carbonyl (C=O) groups is 1. The molecule has 0 spiro atoms. The van der Waals surface area contributed by atoms with Gasteiger partial charge in [-0.15, -0.1) is 0 Å². The minimum absolute atomic E-state index is 0.0679. The summed E-state index contributed by atoms with van der Waals surface area (Å²) in [6, 6.07) is 12.6. The van der Waals surface area contributed by atoms with Crippen LogP contribution in [-0.4, -0.2) is 11.4 Å². The van der Waals surface area contributed by atoms with Crippen LogP contribution >= 0.6 is 0 Å². The van der Waals surface area contributed by atoms with Gasteiger partial charge in [0.2, 0.25) is 0 Å². The van der Waals surface area contributed by atoms with E-state index in [1.807, 2.05) is 25.1 Å². The van der Waals surface area contributed by atoms with Crippen molar-refractivity contribution in [2.24, 2.45) is 0 Å². The van der Waals surface area contributed by atoms with Crippen LogP contribution in [-0.2, 0) is 6.61 Å². The Kier molecular flexibility index (Phi) is 3.75. The number of para-hydroxylation sites is 1. The van der Waals surface area contributed by atoms with Crippen LogP contribution in [0, 0.1) is 6.92 Å². The molecule has 2 aromatic carbocycles. The largest absolute Gasteiger partial charge is 0.457 e. The fourth-order valence-corrected chi connectivity index (χ4v) is 1.70. The minimum atomic E-state index is -0.0679. The number of aliphatic hydroxyl groups excluding tert-OH is 1. The zero-order valence-electron chi connectivity index (χ0n) is 10.1. The fraction of sp³-hybridized carbons (Fsp3) is 0.133. The van der Waals surface area contributed by atoms with Crippen LogP contribution < -0.4 is 4.74 Å². The van der Waals surface area contributed by atoms with Gasteiger partial charge < -0.3 is 9.84 Å². The quantitative estimate of drug-likeness (QED) is 0.838. The first kappa shape index (κ1) is 12.3. The number of rotatable bonds is 4. The zero-order chi connectivity index (χ0) is 13.0. The van der Waals surface area contributed by atoms with Crippen LogP contribution in [0.1, 0.15) is 21.5 Å². The summed E-state index contributed by atoms with van der Waals surface area (Å²) in [5, 5.41) is 9.21. The lowest BCUT2D eigenvalue weighted by Gasteiger charge is -2.10. The topological polar surface area (TPSA) is 46.5 Å².